The van der Waals surface area contributed by atoms with E-state index in [2.05, 4.69) is 20.7 Å². The molecule has 0 saturated carbocycles. The Hall–Kier alpha value is -2.61. The van der Waals surface area contributed by atoms with Gasteiger partial charge in [0, 0.05) is 17.3 Å². The summed E-state index contributed by atoms with van der Waals surface area (Å²) >= 11 is 18.6. The maximum Gasteiger partial charge on any atom is 0.274 e. The smallest absolute Gasteiger partial charge is 0.274 e. The molecule has 156 valence electrons. The molecule has 7 nitrogen and oxygen atoms in total. The lowest BCUT2D eigenvalue weighted by Crippen LogP contribution is -2.31. The summed E-state index contributed by atoms with van der Waals surface area (Å²) in [6.45, 7) is 5.38. The molecule has 0 saturated heterocycles. The van der Waals surface area contributed by atoms with Crippen molar-refractivity contribution in [3.63, 3.8) is 0 Å². The van der Waals surface area contributed by atoms with E-state index in [1.807, 2.05) is 13.8 Å². The van der Waals surface area contributed by atoms with Crippen molar-refractivity contribution in [1.29, 1.82) is 0 Å². The number of rotatable bonds is 5. The summed E-state index contributed by atoms with van der Waals surface area (Å²) in [5.41, 5.74) is 1.05. The van der Waals surface area contributed by atoms with E-state index in [0.29, 0.717) is 16.5 Å². The number of hydrogen-bond acceptors (Lipinski definition) is 4. The van der Waals surface area contributed by atoms with E-state index in [9.17, 15) is 9.59 Å². The third-order valence-electron chi connectivity index (χ3n) is 3.96. The van der Waals surface area contributed by atoms with Gasteiger partial charge in [0.25, 0.3) is 11.8 Å². The van der Waals surface area contributed by atoms with Crippen LogP contribution in [0, 0.1) is 6.92 Å². The van der Waals surface area contributed by atoms with E-state index in [4.69, 9.17) is 34.8 Å². The van der Waals surface area contributed by atoms with E-state index >= 15 is 0 Å². The molecule has 1 aromatic carbocycles. The highest BCUT2D eigenvalue weighted by Crippen LogP contribution is 2.31. The van der Waals surface area contributed by atoms with Crippen LogP contribution in [0.25, 0.3) is 5.82 Å². The number of benzene rings is 1. The molecule has 0 aliphatic heterocycles. The van der Waals surface area contributed by atoms with E-state index in [0.717, 1.165) is 0 Å². The molecule has 0 aliphatic carbocycles. The number of anilines is 1. The average Bonchev–Trinajstić information content (AvgIpc) is 3.05. The Bertz CT molecular complexity index is 1130. The van der Waals surface area contributed by atoms with E-state index in [-0.39, 0.29) is 33.0 Å². The first-order valence-electron chi connectivity index (χ1n) is 8.96. The molecule has 2 aromatic heterocycles. The molecule has 0 aliphatic rings. The molecule has 2 N–H and O–H groups in total. The maximum absolute atomic E-state index is 13.1. The lowest BCUT2D eigenvalue weighted by Gasteiger charge is -2.15. The van der Waals surface area contributed by atoms with Crippen LogP contribution in [0.2, 0.25) is 15.1 Å². The molecule has 0 spiro atoms. The van der Waals surface area contributed by atoms with Gasteiger partial charge in [0.15, 0.2) is 5.82 Å². The van der Waals surface area contributed by atoms with Crippen molar-refractivity contribution in [1.82, 2.24) is 20.1 Å². The number of amides is 2. The zero-order valence-corrected chi connectivity index (χ0v) is 18.6. The molecule has 0 bridgehead atoms. The number of nitrogens with zero attached hydrogens (tertiary/aromatic N) is 3. The van der Waals surface area contributed by atoms with Gasteiger partial charge in [0.1, 0.15) is 5.69 Å². The molecule has 0 radical (unpaired) electrons. The Morgan fingerprint density at radius 2 is 1.80 bits per heavy atom. The molecule has 30 heavy (non-hydrogen) atoms. The van der Waals surface area contributed by atoms with Crippen molar-refractivity contribution < 1.29 is 9.59 Å². The Morgan fingerprint density at radius 3 is 2.47 bits per heavy atom. The monoisotopic (exact) mass is 465 g/mol. The molecular weight excluding hydrogens is 449 g/mol. The van der Waals surface area contributed by atoms with Crippen LogP contribution < -0.4 is 10.6 Å². The van der Waals surface area contributed by atoms with Crippen molar-refractivity contribution in [2.45, 2.75) is 26.8 Å². The van der Waals surface area contributed by atoms with Crippen molar-refractivity contribution in [3.05, 3.63) is 68.5 Å². The van der Waals surface area contributed by atoms with Crippen LogP contribution in [0.3, 0.4) is 0 Å². The van der Waals surface area contributed by atoms with Gasteiger partial charge in [0.2, 0.25) is 0 Å². The highest BCUT2D eigenvalue weighted by Gasteiger charge is 2.23. The van der Waals surface area contributed by atoms with Crippen molar-refractivity contribution >= 4 is 52.3 Å². The lowest BCUT2D eigenvalue weighted by atomic mass is 10.1. The summed E-state index contributed by atoms with van der Waals surface area (Å²) in [6.07, 6.45) is 1.55. The first kappa shape index (κ1) is 22.1. The number of carbonyl (C=O) groups excluding carboxylic acids is 2. The molecule has 2 heterocycles. The Morgan fingerprint density at radius 1 is 1.07 bits per heavy atom. The first-order valence-corrected chi connectivity index (χ1v) is 10.1. The van der Waals surface area contributed by atoms with Crippen LogP contribution in [0.1, 0.15) is 40.4 Å². The van der Waals surface area contributed by atoms with Gasteiger partial charge in [0.05, 0.1) is 27.0 Å². The number of aromatic nitrogens is 3. The lowest BCUT2D eigenvalue weighted by molar-refractivity contribution is 0.0944. The number of aryl methyl sites for hydroxylation is 1. The predicted octanol–water partition coefficient (Wildman–Crippen LogP) is 4.93. The highest BCUT2D eigenvalue weighted by atomic mass is 35.5. The summed E-state index contributed by atoms with van der Waals surface area (Å²) in [5, 5.41) is 10.5. The van der Waals surface area contributed by atoms with Gasteiger partial charge in [-0.15, -0.1) is 0 Å². The molecule has 0 fully saturated rings. The number of hydrogen-bond donors (Lipinski definition) is 2. The molecule has 0 unspecified atom stereocenters. The fourth-order valence-corrected chi connectivity index (χ4v) is 3.50. The van der Waals surface area contributed by atoms with Crippen LogP contribution in [-0.4, -0.2) is 32.6 Å². The normalized spacial score (nSPS) is 10.9. The summed E-state index contributed by atoms with van der Waals surface area (Å²) < 4.78 is 1.34. The third kappa shape index (κ3) is 4.75. The molecule has 3 aromatic rings. The number of carbonyl (C=O) groups is 2. The SMILES string of the molecule is Cc1cc(C(=O)Nc2c(Cl)cc(Cl)cc2C(=O)NC(C)C)n(-c2ncccc2Cl)n1. The number of nitrogens with one attached hydrogen (secondary N) is 2. The van der Waals surface area contributed by atoms with Crippen molar-refractivity contribution in [2.75, 3.05) is 5.32 Å². The van der Waals surface area contributed by atoms with Gasteiger partial charge < -0.3 is 10.6 Å². The summed E-state index contributed by atoms with van der Waals surface area (Å²) in [6, 6.07) is 7.68. The van der Waals surface area contributed by atoms with Crippen molar-refractivity contribution in [3.8, 4) is 5.82 Å². The van der Waals surface area contributed by atoms with Crippen LogP contribution in [0.4, 0.5) is 5.69 Å². The van der Waals surface area contributed by atoms with Crippen LogP contribution in [0.5, 0.6) is 0 Å². The zero-order chi connectivity index (χ0) is 22.0. The minimum atomic E-state index is -0.542. The van der Waals surface area contributed by atoms with E-state index in [1.54, 1.807) is 31.3 Å². The molecule has 3 rings (SSSR count). The Kier molecular flexibility index (Phi) is 6.65. The molecule has 0 atom stereocenters. The second kappa shape index (κ2) is 9.04. The van der Waals surface area contributed by atoms with Crippen molar-refractivity contribution in [2.24, 2.45) is 0 Å². The van der Waals surface area contributed by atoms with E-state index < -0.39 is 11.8 Å². The second-order valence-electron chi connectivity index (χ2n) is 6.78. The number of pyridine rings is 1. The van der Waals surface area contributed by atoms with Crippen LogP contribution in [-0.2, 0) is 0 Å². The standard InChI is InChI=1S/C20H18Cl3N5O2/c1-10(2)25-19(29)13-8-12(21)9-15(23)17(13)26-20(30)16-7-11(3)27-28(16)18-14(22)5-4-6-24-18/h4-10H,1-3H3,(H,25,29)(H,26,30). The molecule has 2 amide bonds. The summed E-state index contributed by atoms with van der Waals surface area (Å²) in [4.78, 5) is 29.9. The van der Waals surface area contributed by atoms with E-state index in [1.165, 1.54) is 16.8 Å². The fourth-order valence-electron chi connectivity index (χ4n) is 2.75. The Labute approximate surface area is 188 Å². The Balaban J connectivity index is 2.02. The van der Waals surface area contributed by atoms with Gasteiger partial charge in [-0.3, -0.25) is 9.59 Å². The fraction of sp³-hybridized carbons (Fsp3) is 0.200. The highest BCUT2D eigenvalue weighted by molar-refractivity contribution is 6.38. The average molecular weight is 467 g/mol. The maximum atomic E-state index is 13.1. The van der Waals surface area contributed by atoms with Gasteiger partial charge in [-0.05, 0) is 51.1 Å². The van der Waals surface area contributed by atoms with Gasteiger partial charge in [-0.25, -0.2) is 9.67 Å². The molecule has 10 heteroatoms. The van der Waals surface area contributed by atoms with Crippen LogP contribution in [0.15, 0.2) is 36.5 Å². The number of halogens is 3. The second-order valence-corrected chi connectivity index (χ2v) is 8.03. The third-order valence-corrected chi connectivity index (χ3v) is 4.77. The first-order chi connectivity index (χ1) is 14.2. The van der Waals surface area contributed by atoms with Gasteiger partial charge >= 0.3 is 0 Å². The largest absolute Gasteiger partial charge is 0.350 e. The topological polar surface area (TPSA) is 88.9 Å². The van der Waals surface area contributed by atoms with Crippen LogP contribution >= 0.6 is 34.8 Å². The zero-order valence-electron chi connectivity index (χ0n) is 16.3. The summed E-state index contributed by atoms with van der Waals surface area (Å²) in [7, 11) is 0. The minimum Gasteiger partial charge on any atom is -0.350 e. The summed E-state index contributed by atoms with van der Waals surface area (Å²) in [5.74, 6) is -0.653. The molecular formula is C20H18Cl3N5O2. The predicted molar refractivity (Wildman–Crippen MR) is 118 cm³/mol. The van der Waals surface area contributed by atoms with Gasteiger partial charge in [-0.1, -0.05) is 34.8 Å². The quantitative estimate of drug-likeness (QED) is 0.558. The minimum absolute atomic E-state index is 0.116. The van der Waals surface area contributed by atoms with Gasteiger partial charge in [-0.2, -0.15) is 5.10 Å².